The number of fused-ring (bicyclic) bond motifs is 1. The highest BCUT2D eigenvalue weighted by atomic mass is 32.2. The highest BCUT2D eigenvalue weighted by molar-refractivity contribution is 7.89. The van der Waals surface area contributed by atoms with Crippen molar-refractivity contribution in [1.82, 2.24) is 14.2 Å². The molecule has 1 saturated heterocycles. The summed E-state index contributed by atoms with van der Waals surface area (Å²) in [7, 11) is -3.88. The van der Waals surface area contributed by atoms with Gasteiger partial charge in [-0.1, -0.05) is 6.07 Å². The molecule has 31 heavy (non-hydrogen) atoms. The smallest absolute Gasteiger partial charge is 0.254 e. The van der Waals surface area contributed by atoms with E-state index < -0.39 is 15.8 Å². The largest absolute Gasteiger partial charge is 0.507 e. The number of hydrogen-bond donors (Lipinski definition) is 1. The Kier molecular flexibility index (Phi) is 5.40. The Morgan fingerprint density at radius 2 is 1.74 bits per heavy atom. The van der Waals surface area contributed by atoms with Crippen LogP contribution in [0.2, 0.25) is 0 Å². The molecule has 0 unspecified atom stereocenters. The van der Waals surface area contributed by atoms with Gasteiger partial charge in [0.15, 0.2) is 0 Å². The van der Waals surface area contributed by atoms with Gasteiger partial charge in [-0.2, -0.15) is 4.31 Å². The van der Waals surface area contributed by atoms with Gasteiger partial charge in [-0.3, -0.25) is 9.78 Å². The molecule has 7 nitrogen and oxygen atoms in total. The van der Waals surface area contributed by atoms with Crippen LogP contribution in [-0.2, 0) is 10.0 Å². The van der Waals surface area contributed by atoms with Crippen LogP contribution in [0.25, 0.3) is 10.9 Å². The van der Waals surface area contributed by atoms with Crippen LogP contribution < -0.4 is 0 Å². The van der Waals surface area contributed by atoms with Crippen LogP contribution in [0.4, 0.5) is 4.39 Å². The van der Waals surface area contributed by atoms with Crippen molar-refractivity contribution in [2.24, 2.45) is 0 Å². The summed E-state index contributed by atoms with van der Waals surface area (Å²) in [5.41, 5.74) is 2.13. The summed E-state index contributed by atoms with van der Waals surface area (Å²) in [5, 5.41) is 10.6. The van der Waals surface area contributed by atoms with Crippen LogP contribution in [0.15, 0.2) is 47.4 Å². The van der Waals surface area contributed by atoms with Gasteiger partial charge in [0.05, 0.1) is 11.1 Å². The third-order valence-corrected chi connectivity index (χ3v) is 7.32. The van der Waals surface area contributed by atoms with Crippen molar-refractivity contribution in [2.75, 3.05) is 26.2 Å². The van der Waals surface area contributed by atoms with E-state index in [1.807, 2.05) is 0 Å². The Morgan fingerprint density at radius 1 is 1.03 bits per heavy atom. The van der Waals surface area contributed by atoms with E-state index in [2.05, 4.69) is 4.98 Å². The molecule has 1 aromatic heterocycles. The summed E-state index contributed by atoms with van der Waals surface area (Å²) in [4.78, 5) is 18.9. The van der Waals surface area contributed by atoms with Gasteiger partial charge in [-0.15, -0.1) is 0 Å². The number of carbonyl (C=O) groups is 1. The van der Waals surface area contributed by atoms with Crippen molar-refractivity contribution < 1.29 is 22.7 Å². The van der Waals surface area contributed by atoms with Crippen LogP contribution in [0, 0.1) is 19.7 Å². The number of piperazine rings is 1. The zero-order valence-electron chi connectivity index (χ0n) is 17.2. The molecule has 0 aliphatic carbocycles. The number of pyridine rings is 1. The van der Waals surface area contributed by atoms with Gasteiger partial charge < -0.3 is 10.0 Å². The highest BCUT2D eigenvalue weighted by Crippen LogP contribution is 2.28. The first-order valence-electron chi connectivity index (χ1n) is 9.83. The van der Waals surface area contributed by atoms with Crippen molar-refractivity contribution in [3.05, 3.63) is 65.1 Å². The second-order valence-electron chi connectivity index (χ2n) is 7.64. The minimum atomic E-state index is -3.88. The zero-order valence-corrected chi connectivity index (χ0v) is 18.0. The summed E-state index contributed by atoms with van der Waals surface area (Å²) in [6, 6.07) is 10.2. The summed E-state index contributed by atoms with van der Waals surface area (Å²) < 4.78 is 40.8. The molecule has 2 heterocycles. The number of aromatic hydroxyl groups is 1. The molecule has 4 rings (SSSR count). The van der Waals surface area contributed by atoms with Crippen molar-refractivity contribution in [3.63, 3.8) is 0 Å². The molecule has 0 bridgehead atoms. The first kappa shape index (κ1) is 21.2. The Hall–Kier alpha value is -3.04. The van der Waals surface area contributed by atoms with Gasteiger partial charge in [0.2, 0.25) is 10.0 Å². The number of carbonyl (C=O) groups excluding carboxylic acids is 1. The Labute approximate surface area is 179 Å². The van der Waals surface area contributed by atoms with Gasteiger partial charge in [0.25, 0.3) is 5.91 Å². The van der Waals surface area contributed by atoms with Gasteiger partial charge in [-0.05, 0) is 49.7 Å². The molecule has 1 N–H and O–H groups in total. The van der Waals surface area contributed by atoms with Gasteiger partial charge in [0.1, 0.15) is 16.5 Å². The van der Waals surface area contributed by atoms with Crippen LogP contribution >= 0.6 is 0 Å². The van der Waals surface area contributed by atoms with Crippen molar-refractivity contribution in [1.29, 1.82) is 0 Å². The van der Waals surface area contributed by atoms with E-state index >= 15 is 0 Å². The molecule has 1 amide bonds. The molecule has 9 heteroatoms. The lowest BCUT2D eigenvalue weighted by Gasteiger charge is -2.34. The van der Waals surface area contributed by atoms with Crippen molar-refractivity contribution in [3.8, 4) is 5.75 Å². The van der Waals surface area contributed by atoms with Crippen LogP contribution in [0.3, 0.4) is 0 Å². The fourth-order valence-electron chi connectivity index (χ4n) is 3.78. The number of benzene rings is 2. The lowest BCUT2D eigenvalue weighted by atomic mass is 10.1. The normalized spacial score (nSPS) is 15.4. The number of aromatic nitrogens is 1. The number of rotatable bonds is 3. The molecule has 0 saturated carbocycles. The maximum atomic E-state index is 13.6. The maximum Gasteiger partial charge on any atom is 0.254 e. The number of amides is 1. The van der Waals surface area contributed by atoms with E-state index in [0.29, 0.717) is 22.2 Å². The fourth-order valence-corrected chi connectivity index (χ4v) is 5.37. The third-order valence-electron chi connectivity index (χ3n) is 5.39. The number of phenolic OH excluding ortho intramolecular Hbond substituents is 1. The quantitative estimate of drug-likeness (QED) is 0.672. The molecule has 0 radical (unpaired) electrons. The highest BCUT2D eigenvalue weighted by Gasteiger charge is 2.32. The number of sulfonamides is 1. The molecule has 0 atom stereocenters. The Morgan fingerprint density at radius 3 is 2.45 bits per heavy atom. The van der Waals surface area contributed by atoms with Crippen LogP contribution in [0.5, 0.6) is 5.75 Å². The van der Waals surface area contributed by atoms with Gasteiger partial charge >= 0.3 is 0 Å². The van der Waals surface area contributed by atoms with Crippen LogP contribution in [0.1, 0.15) is 21.6 Å². The average Bonchev–Trinajstić information content (AvgIpc) is 2.74. The summed E-state index contributed by atoms with van der Waals surface area (Å²) in [6.45, 7) is 4.11. The lowest BCUT2D eigenvalue weighted by molar-refractivity contribution is 0.0699. The second-order valence-corrected chi connectivity index (χ2v) is 9.55. The number of nitrogens with zero attached hydrogens (tertiary/aromatic N) is 3. The number of aryl methyl sites for hydroxylation is 2. The SMILES string of the molecule is Cc1ccc(O)c(S(=O)(=O)N2CCN(C(=O)c3cc(C)nc4cc(F)ccc34)CC2)c1. The molecule has 3 aromatic rings. The molecule has 1 aliphatic heterocycles. The Balaban J connectivity index is 1.56. The fraction of sp³-hybridized carbons (Fsp3) is 0.273. The third kappa shape index (κ3) is 3.98. The monoisotopic (exact) mass is 443 g/mol. The molecule has 1 fully saturated rings. The second kappa shape index (κ2) is 7.90. The summed E-state index contributed by atoms with van der Waals surface area (Å²) in [5.74, 6) is -0.977. The number of halogens is 1. The minimum Gasteiger partial charge on any atom is -0.507 e. The minimum absolute atomic E-state index is 0.109. The van der Waals surface area contributed by atoms with E-state index in [9.17, 15) is 22.7 Å². The lowest BCUT2D eigenvalue weighted by Crippen LogP contribution is -2.50. The standard InChI is InChI=1S/C22H22FN3O4S/c1-14-3-6-20(27)21(11-14)31(29,30)26-9-7-25(8-10-26)22(28)18-12-15(2)24-19-13-16(23)4-5-17(18)19/h3-6,11-13,27H,7-10H2,1-2H3. The molecule has 0 spiro atoms. The maximum absolute atomic E-state index is 13.6. The topological polar surface area (TPSA) is 90.8 Å². The van der Waals surface area contributed by atoms with Crippen LogP contribution in [-0.4, -0.2) is 59.8 Å². The van der Waals surface area contributed by atoms with E-state index in [1.54, 1.807) is 30.9 Å². The number of phenols is 1. The predicted molar refractivity (Wildman–Crippen MR) is 114 cm³/mol. The zero-order chi connectivity index (χ0) is 22.3. The average molecular weight is 444 g/mol. The van der Waals surface area contributed by atoms with E-state index in [4.69, 9.17) is 0 Å². The van der Waals surface area contributed by atoms with Crippen molar-refractivity contribution >= 4 is 26.8 Å². The van der Waals surface area contributed by atoms with Gasteiger partial charge in [-0.25, -0.2) is 12.8 Å². The molecular formula is C22H22FN3O4S. The molecule has 1 aliphatic rings. The van der Waals surface area contributed by atoms with Gasteiger partial charge in [0, 0.05) is 43.3 Å². The summed E-state index contributed by atoms with van der Waals surface area (Å²) in [6.07, 6.45) is 0. The molecule has 2 aromatic carbocycles. The first-order chi connectivity index (χ1) is 14.7. The van der Waals surface area contributed by atoms with E-state index in [1.165, 1.54) is 34.6 Å². The Bertz CT molecular complexity index is 1280. The van der Waals surface area contributed by atoms with E-state index in [-0.39, 0.29) is 42.7 Å². The molecular weight excluding hydrogens is 421 g/mol. The predicted octanol–water partition coefficient (Wildman–Crippen LogP) is 2.84. The van der Waals surface area contributed by atoms with Crippen molar-refractivity contribution in [2.45, 2.75) is 18.7 Å². The number of hydrogen-bond acceptors (Lipinski definition) is 5. The molecule has 162 valence electrons. The van der Waals surface area contributed by atoms with E-state index in [0.717, 1.165) is 5.56 Å². The summed E-state index contributed by atoms with van der Waals surface area (Å²) >= 11 is 0. The first-order valence-corrected chi connectivity index (χ1v) is 11.3.